The lowest BCUT2D eigenvalue weighted by molar-refractivity contribution is 0.317. The summed E-state index contributed by atoms with van der Waals surface area (Å²) in [7, 11) is 0. The quantitative estimate of drug-likeness (QED) is 0.251. The maximum atomic E-state index is 9.76. The molecule has 0 spiro atoms. The molecule has 1 aromatic carbocycles. The number of phenols is 2. The lowest BCUT2D eigenvalue weighted by Gasteiger charge is -2.07. The van der Waals surface area contributed by atoms with E-state index >= 15 is 0 Å². The molecule has 0 heterocycles. The lowest BCUT2D eigenvalue weighted by atomic mass is 10.0. The summed E-state index contributed by atoms with van der Waals surface area (Å²) < 4.78 is 0. The number of aromatic hydroxyl groups is 2. The van der Waals surface area contributed by atoms with Crippen LogP contribution in [0, 0.1) is 0 Å². The van der Waals surface area contributed by atoms with Gasteiger partial charge in [-0.1, -0.05) is 57.0 Å². The largest absolute Gasteiger partial charge is 0.508 e. The van der Waals surface area contributed by atoms with Crippen molar-refractivity contribution in [3.63, 3.8) is 0 Å². The van der Waals surface area contributed by atoms with Crippen LogP contribution in [0.4, 0.5) is 0 Å². The van der Waals surface area contributed by atoms with Crippen molar-refractivity contribution in [3.05, 3.63) is 23.8 Å². The fourth-order valence-corrected chi connectivity index (χ4v) is 2.43. The van der Waals surface area contributed by atoms with Crippen molar-refractivity contribution in [2.24, 2.45) is 5.16 Å². The van der Waals surface area contributed by atoms with Crippen molar-refractivity contribution in [3.8, 4) is 11.5 Å². The molecule has 21 heavy (non-hydrogen) atoms. The summed E-state index contributed by atoms with van der Waals surface area (Å²) in [5, 5.41) is 31.4. The molecule has 0 aliphatic rings. The van der Waals surface area contributed by atoms with Gasteiger partial charge in [0.05, 0.1) is 5.71 Å². The van der Waals surface area contributed by atoms with Gasteiger partial charge in [0.1, 0.15) is 11.5 Å². The minimum Gasteiger partial charge on any atom is -0.508 e. The van der Waals surface area contributed by atoms with E-state index in [1.807, 2.05) is 0 Å². The van der Waals surface area contributed by atoms with Gasteiger partial charge in [0, 0.05) is 11.6 Å². The minimum absolute atomic E-state index is 0.000573. The zero-order valence-corrected chi connectivity index (χ0v) is 12.9. The Morgan fingerprint density at radius 1 is 0.952 bits per heavy atom. The molecule has 1 rings (SSSR count). The van der Waals surface area contributed by atoms with Crippen LogP contribution in [0.15, 0.2) is 23.4 Å². The SMILES string of the molecule is CCCCCCCCCC/C(=N\O)c1ccc(O)cc1O. The molecule has 0 fully saturated rings. The number of oxime groups is 1. The summed E-state index contributed by atoms with van der Waals surface area (Å²) in [5.41, 5.74) is 0.955. The molecule has 0 saturated heterocycles. The highest BCUT2D eigenvalue weighted by atomic mass is 16.4. The van der Waals surface area contributed by atoms with Crippen LogP contribution in [-0.2, 0) is 0 Å². The zero-order valence-electron chi connectivity index (χ0n) is 12.9. The summed E-state index contributed by atoms with van der Waals surface area (Å²) in [6.07, 6.45) is 10.3. The Labute approximate surface area is 127 Å². The number of nitrogens with zero attached hydrogens (tertiary/aromatic N) is 1. The monoisotopic (exact) mass is 293 g/mol. The van der Waals surface area contributed by atoms with Gasteiger partial charge in [-0.25, -0.2) is 0 Å². The molecule has 0 unspecified atom stereocenters. The van der Waals surface area contributed by atoms with E-state index in [1.54, 1.807) is 6.07 Å². The van der Waals surface area contributed by atoms with Crippen LogP contribution < -0.4 is 0 Å². The van der Waals surface area contributed by atoms with Crippen LogP contribution in [0.1, 0.15) is 70.3 Å². The van der Waals surface area contributed by atoms with Gasteiger partial charge in [0.25, 0.3) is 0 Å². The molecule has 0 aromatic heterocycles. The van der Waals surface area contributed by atoms with E-state index in [0.29, 0.717) is 17.7 Å². The van der Waals surface area contributed by atoms with E-state index in [9.17, 15) is 10.2 Å². The van der Waals surface area contributed by atoms with Crippen LogP contribution >= 0.6 is 0 Å². The normalized spacial score (nSPS) is 11.8. The first-order valence-electron chi connectivity index (χ1n) is 7.92. The van der Waals surface area contributed by atoms with Gasteiger partial charge < -0.3 is 15.4 Å². The van der Waals surface area contributed by atoms with E-state index in [1.165, 1.54) is 50.7 Å². The highest BCUT2D eigenvalue weighted by molar-refractivity contribution is 6.02. The number of hydrogen-bond donors (Lipinski definition) is 3. The van der Waals surface area contributed by atoms with E-state index in [0.717, 1.165) is 12.8 Å². The smallest absolute Gasteiger partial charge is 0.128 e. The Bertz CT molecular complexity index is 444. The third-order valence-electron chi connectivity index (χ3n) is 3.68. The average Bonchev–Trinajstić information content (AvgIpc) is 2.47. The summed E-state index contributed by atoms with van der Waals surface area (Å²) in [4.78, 5) is 0. The highest BCUT2D eigenvalue weighted by Gasteiger charge is 2.10. The molecule has 0 aliphatic carbocycles. The molecule has 0 amide bonds. The molecule has 0 bridgehead atoms. The van der Waals surface area contributed by atoms with E-state index < -0.39 is 0 Å². The molecular weight excluding hydrogens is 266 g/mol. The minimum atomic E-state index is -0.0534. The van der Waals surface area contributed by atoms with Gasteiger partial charge in [-0.15, -0.1) is 0 Å². The Morgan fingerprint density at radius 3 is 2.14 bits per heavy atom. The van der Waals surface area contributed by atoms with Crippen molar-refractivity contribution < 1.29 is 15.4 Å². The summed E-state index contributed by atoms with van der Waals surface area (Å²) in [6.45, 7) is 2.22. The predicted octanol–water partition coefficient (Wildman–Crippen LogP) is 4.81. The summed E-state index contributed by atoms with van der Waals surface area (Å²) in [6, 6.07) is 4.31. The third kappa shape index (κ3) is 6.52. The molecule has 0 atom stereocenters. The molecule has 1 aromatic rings. The number of rotatable bonds is 10. The first-order valence-corrected chi connectivity index (χ1v) is 7.92. The molecule has 0 radical (unpaired) electrons. The number of benzene rings is 1. The van der Waals surface area contributed by atoms with Gasteiger partial charge in [-0.3, -0.25) is 0 Å². The highest BCUT2D eigenvalue weighted by Crippen LogP contribution is 2.25. The van der Waals surface area contributed by atoms with Crippen LogP contribution in [0.2, 0.25) is 0 Å². The predicted molar refractivity (Wildman–Crippen MR) is 85.3 cm³/mol. The maximum absolute atomic E-state index is 9.76. The van der Waals surface area contributed by atoms with Gasteiger partial charge in [0.2, 0.25) is 0 Å². The van der Waals surface area contributed by atoms with E-state index in [-0.39, 0.29) is 11.5 Å². The Kier molecular flexibility index (Phi) is 8.32. The van der Waals surface area contributed by atoms with Gasteiger partial charge in [-0.05, 0) is 25.0 Å². The maximum Gasteiger partial charge on any atom is 0.128 e. The van der Waals surface area contributed by atoms with Crippen molar-refractivity contribution in [1.29, 1.82) is 0 Å². The Hall–Kier alpha value is -1.71. The summed E-state index contributed by atoms with van der Waals surface area (Å²) >= 11 is 0. The van der Waals surface area contributed by atoms with Gasteiger partial charge in [-0.2, -0.15) is 0 Å². The molecule has 0 saturated carbocycles. The average molecular weight is 293 g/mol. The zero-order chi connectivity index (χ0) is 15.5. The molecular formula is C17H27NO3. The summed E-state index contributed by atoms with van der Waals surface area (Å²) in [5.74, 6) is -0.0528. The fraction of sp³-hybridized carbons (Fsp3) is 0.588. The molecule has 4 heteroatoms. The molecule has 3 N–H and O–H groups in total. The van der Waals surface area contributed by atoms with E-state index in [2.05, 4.69) is 12.1 Å². The lowest BCUT2D eigenvalue weighted by Crippen LogP contribution is -2.01. The number of hydrogen-bond acceptors (Lipinski definition) is 4. The first-order chi connectivity index (χ1) is 10.2. The van der Waals surface area contributed by atoms with Crippen LogP contribution in [0.25, 0.3) is 0 Å². The second-order valence-electron chi connectivity index (χ2n) is 5.47. The van der Waals surface area contributed by atoms with Crippen molar-refractivity contribution in [2.45, 2.75) is 64.7 Å². The van der Waals surface area contributed by atoms with Crippen LogP contribution in [0.5, 0.6) is 11.5 Å². The second kappa shape index (κ2) is 10.1. The van der Waals surface area contributed by atoms with E-state index in [4.69, 9.17) is 5.21 Å². The first kappa shape index (κ1) is 17.3. The van der Waals surface area contributed by atoms with Crippen molar-refractivity contribution >= 4 is 5.71 Å². The Morgan fingerprint density at radius 2 is 1.57 bits per heavy atom. The third-order valence-corrected chi connectivity index (χ3v) is 3.68. The topological polar surface area (TPSA) is 73.1 Å². The fourth-order valence-electron chi connectivity index (χ4n) is 2.43. The van der Waals surface area contributed by atoms with Gasteiger partial charge >= 0.3 is 0 Å². The van der Waals surface area contributed by atoms with Gasteiger partial charge in [0.15, 0.2) is 0 Å². The van der Waals surface area contributed by atoms with Crippen LogP contribution in [0.3, 0.4) is 0 Å². The van der Waals surface area contributed by atoms with Crippen molar-refractivity contribution in [1.82, 2.24) is 0 Å². The molecule has 4 nitrogen and oxygen atoms in total. The van der Waals surface area contributed by atoms with Crippen LogP contribution in [-0.4, -0.2) is 21.1 Å². The molecule has 118 valence electrons. The number of unbranched alkanes of at least 4 members (excludes halogenated alkanes) is 7. The standard InChI is InChI=1S/C17H27NO3/c1-2-3-4-5-6-7-8-9-10-16(18-21)15-12-11-14(19)13-17(15)20/h11-13,19-21H,2-10H2,1H3/b18-16+. The number of phenolic OH excluding ortho intramolecular Hbond substituents is 2. The Balaban J connectivity index is 2.29. The van der Waals surface area contributed by atoms with Crippen molar-refractivity contribution in [2.75, 3.05) is 0 Å². The second-order valence-corrected chi connectivity index (χ2v) is 5.47. The molecule has 0 aliphatic heterocycles.